The maximum absolute atomic E-state index is 13.8. The Labute approximate surface area is 170 Å². The minimum absolute atomic E-state index is 0.0679. The summed E-state index contributed by atoms with van der Waals surface area (Å²) >= 11 is 0. The minimum Gasteiger partial charge on any atom is -0.461 e. The summed E-state index contributed by atoms with van der Waals surface area (Å²) in [5.74, 6) is 1.67. The zero-order chi connectivity index (χ0) is 20.6. The predicted octanol–water partition coefficient (Wildman–Crippen LogP) is 4.58. The Hall–Kier alpha value is -3.15. The first-order chi connectivity index (χ1) is 14.1. The molecule has 5 nitrogen and oxygen atoms in total. The number of hydrogen-bond donors (Lipinski definition) is 1. The molecule has 2 aromatic heterocycles. The largest absolute Gasteiger partial charge is 0.461 e. The van der Waals surface area contributed by atoms with E-state index >= 15 is 0 Å². The van der Waals surface area contributed by atoms with Gasteiger partial charge in [0.2, 0.25) is 5.91 Å². The second-order valence-corrected chi connectivity index (χ2v) is 6.72. The molecule has 0 saturated heterocycles. The van der Waals surface area contributed by atoms with Crippen molar-refractivity contribution < 1.29 is 13.6 Å². The number of anilines is 1. The highest BCUT2D eigenvalue weighted by molar-refractivity contribution is 5.76. The molecular weight excluding hydrogens is 369 g/mol. The molecule has 0 atom stereocenters. The summed E-state index contributed by atoms with van der Waals surface area (Å²) in [6.07, 6.45) is 2.55. The van der Waals surface area contributed by atoms with Gasteiger partial charge in [-0.05, 0) is 49.7 Å². The van der Waals surface area contributed by atoms with Crippen LogP contribution in [0.3, 0.4) is 0 Å². The Balaban J connectivity index is 1.48. The van der Waals surface area contributed by atoms with E-state index in [1.807, 2.05) is 12.1 Å². The Morgan fingerprint density at radius 2 is 1.90 bits per heavy atom. The van der Waals surface area contributed by atoms with E-state index in [1.54, 1.807) is 36.5 Å². The zero-order valence-electron chi connectivity index (χ0n) is 16.8. The second-order valence-electron chi connectivity index (χ2n) is 6.72. The number of aryl methyl sites for hydroxylation is 1. The zero-order valence-corrected chi connectivity index (χ0v) is 16.8. The molecule has 0 bridgehead atoms. The highest BCUT2D eigenvalue weighted by Crippen LogP contribution is 2.25. The van der Waals surface area contributed by atoms with Crippen molar-refractivity contribution in [3.05, 3.63) is 71.9 Å². The molecule has 0 aliphatic carbocycles. The molecule has 1 aromatic carbocycles. The molecule has 0 aliphatic heterocycles. The molecule has 1 amide bonds. The fraction of sp³-hybridized carbons (Fsp3) is 0.304. The lowest BCUT2D eigenvalue weighted by atomic mass is 10.1. The van der Waals surface area contributed by atoms with Crippen LogP contribution in [0.5, 0.6) is 0 Å². The van der Waals surface area contributed by atoms with E-state index in [0.717, 1.165) is 24.5 Å². The first-order valence-electron chi connectivity index (χ1n) is 9.91. The Bertz CT molecular complexity index is 933. The lowest BCUT2D eigenvalue weighted by molar-refractivity contribution is -0.121. The van der Waals surface area contributed by atoms with Crippen LogP contribution in [0.25, 0.3) is 11.3 Å². The number of aromatic nitrogens is 1. The van der Waals surface area contributed by atoms with E-state index in [0.29, 0.717) is 36.5 Å². The summed E-state index contributed by atoms with van der Waals surface area (Å²) in [5.41, 5.74) is 1.37. The van der Waals surface area contributed by atoms with E-state index in [9.17, 15) is 9.18 Å². The van der Waals surface area contributed by atoms with Crippen molar-refractivity contribution in [1.29, 1.82) is 0 Å². The minimum atomic E-state index is -0.327. The van der Waals surface area contributed by atoms with Crippen LogP contribution >= 0.6 is 0 Å². The lowest BCUT2D eigenvalue weighted by Gasteiger charge is -2.19. The van der Waals surface area contributed by atoms with Gasteiger partial charge in [-0.3, -0.25) is 4.79 Å². The van der Waals surface area contributed by atoms with Gasteiger partial charge in [0.05, 0.1) is 5.56 Å². The molecule has 152 valence electrons. The lowest BCUT2D eigenvalue weighted by Crippen LogP contribution is -2.24. The summed E-state index contributed by atoms with van der Waals surface area (Å²) in [4.78, 5) is 18.8. The van der Waals surface area contributed by atoms with Crippen molar-refractivity contribution >= 4 is 11.7 Å². The fourth-order valence-electron chi connectivity index (χ4n) is 3.10. The average Bonchev–Trinajstić information content (AvgIpc) is 3.21. The first-order valence-corrected chi connectivity index (χ1v) is 9.91. The third-order valence-corrected chi connectivity index (χ3v) is 4.79. The van der Waals surface area contributed by atoms with Crippen molar-refractivity contribution in [3.8, 4) is 11.3 Å². The smallest absolute Gasteiger partial charge is 0.220 e. The molecule has 0 unspecified atom stereocenters. The number of amides is 1. The summed E-state index contributed by atoms with van der Waals surface area (Å²) in [6.45, 7) is 6.44. The van der Waals surface area contributed by atoms with Gasteiger partial charge in [0.25, 0.3) is 0 Å². The Kier molecular flexibility index (Phi) is 7.00. The number of nitrogens with one attached hydrogen (secondary N) is 1. The first kappa shape index (κ1) is 20.6. The second kappa shape index (κ2) is 9.87. The summed E-state index contributed by atoms with van der Waals surface area (Å²) < 4.78 is 19.5. The molecule has 0 spiro atoms. The molecule has 0 fully saturated rings. The van der Waals surface area contributed by atoms with Gasteiger partial charge in [0.1, 0.15) is 23.2 Å². The number of rotatable bonds is 9. The number of halogens is 1. The van der Waals surface area contributed by atoms with Gasteiger partial charge >= 0.3 is 0 Å². The number of carbonyl (C=O) groups is 1. The number of furan rings is 1. The van der Waals surface area contributed by atoms with Crippen LogP contribution in [-0.2, 0) is 17.8 Å². The molecule has 29 heavy (non-hydrogen) atoms. The van der Waals surface area contributed by atoms with Gasteiger partial charge in [0.15, 0.2) is 0 Å². The maximum atomic E-state index is 13.8. The molecule has 2 heterocycles. The van der Waals surface area contributed by atoms with Gasteiger partial charge in [-0.15, -0.1) is 0 Å². The van der Waals surface area contributed by atoms with Gasteiger partial charge < -0.3 is 14.6 Å². The molecule has 1 N–H and O–H groups in total. The van der Waals surface area contributed by atoms with Crippen LogP contribution in [0.4, 0.5) is 10.2 Å². The van der Waals surface area contributed by atoms with Crippen LogP contribution < -0.4 is 10.2 Å². The van der Waals surface area contributed by atoms with Crippen molar-refractivity contribution in [2.24, 2.45) is 0 Å². The van der Waals surface area contributed by atoms with Gasteiger partial charge in [-0.25, -0.2) is 9.37 Å². The normalized spacial score (nSPS) is 10.7. The van der Waals surface area contributed by atoms with Crippen molar-refractivity contribution in [1.82, 2.24) is 10.3 Å². The summed E-state index contributed by atoms with van der Waals surface area (Å²) in [6, 6.07) is 13.9. The maximum Gasteiger partial charge on any atom is 0.220 e. The van der Waals surface area contributed by atoms with Crippen LogP contribution in [0.2, 0.25) is 0 Å². The van der Waals surface area contributed by atoms with Crippen LogP contribution in [0.1, 0.15) is 31.6 Å². The predicted molar refractivity (Wildman–Crippen MR) is 112 cm³/mol. The molecule has 0 radical (unpaired) electrons. The average molecular weight is 395 g/mol. The molecule has 0 saturated carbocycles. The Morgan fingerprint density at radius 3 is 2.59 bits per heavy atom. The highest BCUT2D eigenvalue weighted by atomic mass is 19.1. The molecule has 3 rings (SSSR count). The van der Waals surface area contributed by atoms with E-state index in [1.165, 1.54) is 6.07 Å². The third-order valence-electron chi connectivity index (χ3n) is 4.79. The molecular formula is C23H26FN3O2. The molecule has 3 aromatic rings. The third kappa shape index (κ3) is 5.44. The number of pyridine rings is 1. The van der Waals surface area contributed by atoms with Gasteiger partial charge in [-0.2, -0.15) is 0 Å². The monoisotopic (exact) mass is 395 g/mol. The number of nitrogens with zero attached hydrogens (tertiary/aromatic N) is 2. The van der Waals surface area contributed by atoms with Gasteiger partial charge in [0, 0.05) is 38.7 Å². The van der Waals surface area contributed by atoms with E-state index < -0.39 is 0 Å². The summed E-state index contributed by atoms with van der Waals surface area (Å²) in [7, 11) is 0. The number of benzene rings is 1. The highest BCUT2D eigenvalue weighted by Gasteiger charge is 2.11. The van der Waals surface area contributed by atoms with Crippen LogP contribution in [0, 0.1) is 5.82 Å². The van der Waals surface area contributed by atoms with Crippen LogP contribution in [-0.4, -0.2) is 24.0 Å². The van der Waals surface area contributed by atoms with E-state index in [4.69, 9.17) is 4.42 Å². The van der Waals surface area contributed by atoms with E-state index in [-0.39, 0.29) is 11.7 Å². The Morgan fingerprint density at radius 1 is 1.10 bits per heavy atom. The van der Waals surface area contributed by atoms with Crippen molar-refractivity contribution in [2.75, 3.05) is 18.0 Å². The molecule has 6 heteroatoms. The number of hydrogen-bond acceptors (Lipinski definition) is 4. The fourth-order valence-corrected chi connectivity index (χ4v) is 3.10. The quantitative estimate of drug-likeness (QED) is 0.576. The van der Waals surface area contributed by atoms with Crippen molar-refractivity contribution in [2.45, 2.75) is 33.2 Å². The summed E-state index contributed by atoms with van der Waals surface area (Å²) in [5, 5.41) is 2.90. The standard InChI is InChI=1S/C23H26FN3O2/c1-3-27(4-2)22-13-9-17(15-25-22)16-26-23(28)14-11-18-10-12-21(29-18)19-7-5-6-8-20(19)24/h5-10,12-13,15H,3-4,11,14,16H2,1-2H3,(H,26,28). The SMILES string of the molecule is CCN(CC)c1ccc(CNC(=O)CCc2ccc(-c3ccccc3F)o2)cn1. The van der Waals surface area contributed by atoms with E-state index in [2.05, 4.69) is 29.0 Å². The van der Waals surface area contributed by atoms with Crippen LogP contribution in [0.15, 0.2) is 59.1 Å². The topological polar surface area (TPSA) is 58.4 Å². The van der Waals surface area contributed by atoms with Gasteiger partial charge in [-0.1, -0.05) is 18.2 Å². The van der Waals surface area contributed by atoms with Crippen molar-refractivity contribution in [3.63, 3.8) is 0 Å². The number of carbonyl (C=O) groups excluding carboxylic acids is 1. The molecule has 0 aliphatic rings.